The minimum absolute atomic E-state index is 0.375. The second kappa shape index (κ2) is 15.4. The number of hydrazine groups is 1. The van der Waals surface area contributed by atoms with Gasteiger partial charge >= 0.3 is 0 Å². The lowest BCUT2D eigenvalue weighted by atomic mass is 10.2. The van der Waals surface area contributed by atoms with Crippen molar-refractivity contribution in [3.05, 3.63) is 0 Å². The van der Waals surface area contributed by atoms with Crippen molar-refractivity contribution < 1.29 is 23.6 Å². The fourth-order valence-corrected chi connectivity index (χ4v) is 4.24. The fraction of sp³-hybridized carbons (Fsp3) is 0.955. The second-order valence-electron chi connectivity index (χ2n) is 8.45. The van der Waals surface area contributed by atoms with Gasteiger partial charge in [-0.25, -0.2) is 10.4 Å². The summed E-state index contributed by atoms with van der Waals surface area (Å²) in [6.07, 6.45) is 9.74. The standard InChI is InChI=1S/C17H38N5.C5H13O4P/c1-6-10-14-19-21-16(12-8-3)20-22(18-5,15-11-7-2)17(21)13-9-4;1-5(8-2,9-3)10(4,6)7/h17-19H,6-15H2,1-5H3;1-4H3,(H,6,7)/q+1;/p-1. The molecule has 1 aliphatic rings. The zero-order valence-electron chi connectivity index (χ0n) is 22.1. The van der Waals surface area contributed by atoms with Crippen LogP contribution in [-0.2, 0) is 14.0 Å². The maximum absolute atomic E-state index is 10.9. The van der Waals surface area contributed by atoms with Crippen LogP contribution in [-0.4, -0.2) is 68.3 Å². The highest BCUT2D eigenvalue weighted by Gasteiger charge is 2.48. The highest BCUT2D eigenvalue weighted by Crippen LogP contribution is 2.47. The molecule has 0 aromatic carbocycles. The number of hydrogen-bond donors (Lipinski definition) is 2. The number of nitrogens with one attached hydrogen (secondary N) is 2. The van der Waals surface area contributed by atoms with Gasteiger partial charge in [-0.15, -0.1) is 10.1 Å². The third kappa shape index (κ3) is 8.67. The van der Waals surface area contributed by atoms with Crippen molar-refractivity contribution >= 4 is 13.2 Å². The van der Waals surface area contributed by atoms with E-state index in [9.17, 15) is 9.46 Å². The highest BCUT2D eigenvalue weighted by atomic mass is 31.2. The van der Waals surface area contributed by atoms with E-state index in [1.807, 2.05) is 0 Å². The van der Waals surface area contributed by atoms with Crippen LogP contribution in [0.2, 0.25) is 0 Å². The first-order valence-electron chi connectivity index (χ1n) is 12.1. The van der Waals surface area contributed by atoms with Crippen molar-refractivity contribution in [3.63, 3.8) is 0 Å². The van der Waals surface area contributed by atoms with Gasteiger partial charge in [0.05, 0.1) is 7.37 Å². The van der Waals surface area contributed by atoms with Crippen LogP contribution in [0.5, 0.6) is 0 Å². The van der Waals surface area contributed by atoms with Crippen LogP contribution in [0.1, 0.15) is 86.0 Å². The number of hydrogen-bond acceptors (Lipinski definition) is 8. The van der Waals surface area contributed by atoms with E-state index in [0.717, 1.165) is 39.0 Å². The average Bonchev–Trinajstić information content (AvgIpc) is 3.05. The number of unbranched alkanes of at least 4 members (excludes halogenated alkanes) is 2. The maximum Gasteiger partial charge on any atom is 0.221 e. The van der Waals surface area contributed by atoms with Crippen LogP contribution < -0.4 is 15.7 Å². The summed E-state index contributed by atoms with van der Waals surface area (Å²) in [5.41, 5.74) is 5.71. The third-order valence-corrected chi connectivity index (χ3v) is 7.77. The Morgan fingerprint density at radius 3 is 2.09 bits per heavy atom. The molecule has 0 saturated carbocycles. The van der Waals surface area contributed by atoms with Crippen LogP contribution in [0.3, 0.4) is 0 Å². The molecule has 0 bridgehead atoms. The SMILES string of the molecule is CCCCNN1C(CCC)=N[N+](CCCC)(NC)C1CCC.COC(C)(OC)P(C)(=O)[O-]. The Hall–Kier alpha value is -0.540. The molecule has 32 heavy (non-hydrogen) atoms. The summed E-state index contributed by atoms with van der Waals surface area (Å²) in [5.74, 6) is 1.22. The minimum atomic E-state index is -3.58. The fourth-order valence-electron chi connectivity index (χ4n) is 3.58. The van der Waals surface area contributed by atoms with E-state index in [2.05, 4.69) is 60.1 Å². The summed E-state index contributed by atoms with van der Waals surface area (Å²) >= 11 is 0. The summed E-state index contributed by atoms with van der Waals surface area (Å²) in [6, 6.07) is 0. The van der Waals surface area contributed by atoms with Gasteiger partial charge in [-0.2, -0.15) is 0 Å². The predicted octanol–water partition coefficient (Wildman–Crippen LogP) is 3.82. The molecule has 2 N–H and O–H groups in total. The van der Waals surface area contributed by atoms with Crippen LogP contribution >= 0.6 is 7.37 Å². The Morgan fingerprint density at radius 1 is 1.12 bits per heavy atom. The lowest BCUT2D eigenvalue weighted by molar-refractivity contribution is -0.998. The van der Waals surface area contributed by atoms with E-state index >= 15 is 0 Å². The molecule has 10 heteroatoms. The topological polar surface area (TPSA) is 98.2 Å². The largest absolute Gasteiger partial charge is 0.796 e. The van der Waals surface area contributed by atoms with Gasteiger partial charge in [-0.1, -0.05) is 40.5 Å². The van der Waals surface area contributed by atoms with Gasteiger partial charge in [0.1, 0.15) is 6.54 Å². The molecule has 3 unspecified atom stereocenters. The number of amidine groups is 1. The Labute approximate surface area is 196 Å². The lowest BCUT2D eigenvalue weighted by Gasteiger charge is -2.36. The Morgan fingerprint density at radius 2 is 1.72 bits per heavy atom. The van der Waals surface area contributed by atoms with Gasteiger partial charge in [0.15, 0.2) is 5.84 Å². The molecule has 0 saturated heterocycles. The zero-order chi connectivity index (χ0) is 24.8. The van der Waals surface area contributed by atoms with Gasteiger partial charge in [-0.3, -0.25) is 0 Å². The number of rotatable bonds is 15. The van der Waals surface area contributed by atoms with Gasteiger partial charge < -0.3 is 18.9 Å². The van der Waals surface area contributed by atoms with Gasteiger partial charge in [0.2, 0.25) is 11.7 Å². The Bertz CT molecular complexity index is 583. The van der Waals surface area contributed by atoms with Crippen molar-refractivity contribution in [2.75, 3.05) is 41.0 Å². The maximum atomic E-state index is 10.9. The second-order valence-corrected chi connectivity index (χ2v) is 11.0. The first-order chi connectivity index (χ1) is 15.1. The van der Waals surface area contributed by atoms with Gasteiger partial charge in [0, 0.05) is 47.1 Å². The number of ether oxygens (including phenoxy) is 2. The molecule has 192 valence electrons. The molecule has 0 radical (unpaired) electrons. The molecule has 1 aliphatic heterocycles. The van der Waals surface area contributed by atoms with Crippen molar-refractivity contribution in [3.8, 4) is 0 Å². The zero-order valence-corrected chi connectivity index (χ0v) is 23.0. The molecule has 0 aliphatic carbocycles. The summed E-state index contributed by atoms with van der Waals surface area (Å²) in [4.78, 5) is 10.9. The van der Waals surface area contributed by atoms with Crippen LogP contribution in [0.15, 0.2) is 5.10 Å². The molecule has 1 rings (SSSR count). The van der Waals surface area contributed by atoms with Crippen molar-refractivity contribution in [1.29, 1.82) is 0 Å². The van der Waals surface area contributed by atoms with Crippen LogP contribution in [0.4, 0.5) is 0 Å². The first kappa shape index (κ1) is 31.5. The molecular weight excluding hydrogens is 429 g/mol. The van der Waals surface area contributed by atoms with Crippen molar-refractivity contribution in [2.45, 2.75) is 97.7 Å². The quantitative estimate of drug-likeness (QED) is 0.159. The molecule has 0 spiro atoms. The van der Waals surface area contributed by atoms with Crippen molar-refractivity contribution in [1.82, 2.24) is 15.9 Å². The monoisotopic (exact) mass is 479 g/mol. The average molecular weight is 480 g/mol. The molecule has 0 aromatic rings. The van der Waals surface area contributed by atoms with E-state index < -0.39 is 12.9 Å². The molecule has 0 aromatic heterocycles. The number of nitrogens with zero attached hydrogens (tertiary/aromatic N) is 3. The Balaban J connectivity index is 0.000000809. The van der Waals surface area contributed by atoms with Gasteiger partial charge in [-0.05, 0) is 38.0 Å². The smallest absolute Gasteiger partial charge is 0.221 e. The van der Waals surface area contributed by atoms with E-state index in [4.69, 9.17) is 5.10 Å². The van der Waals surface area contributed by atoms with Gasteiger partial charge in [0.25, 0.3) is 0 Å². The summed E-state index contributed by atoms with van der Waals surface area (Å²) in [7, 11) is 1.05. The lowest BCUT2D eigenvalue weighted by Crippen LogP contribution is -2.63. The summed E-state index contributed by atoms with van der Waals surface area (Å²) in [5, 5.41) is 7.52. The summed E-state index contributed by atoms with van der Waals surface area (Å²) in [6.45, 7) is 13.6. The highest BCUT2D eigenvalue weighted by molar-refractivity contribution is 7.57. The summed E-state index contributed by atoms with van der Waals surface area (Å²) < 4.78 is 20.9. The van der Waals surface area contributed by atoms with E-state index in [0.29, 0.717) is 10.9 Å². The van der Waals surface area contributed by atoms with Crippen molar-refractivity contribution in [2.24, 2.45) is 5.10 Å². The first-order valence-corrected chi connectivity index (χ1v) is 14.2. The van der Waals surface area contributed by atoms with Crippen LogP contribution in [0.25, 0.3) is 0 Å². The molecule has 0 fully saturated rings. The normalized spacial score (nSPS) is 22.9. The molecule has 1 heterocycles. The molecule has 0 amide bonds. The third-order valence-electron chi connectivity index (χ3n) is 5.93. The van der Waals surface area contributed by atoms with E-state index in [1.165, 1.54) is 59.1 Å². The Kier molecular flexibility index (Phi) is 15.1. The minimum Gasteiger partial charge on any atom is -0.796 e. The molecular formula is C22H50N5O4P. The number of quaternary nitrogens is 1. The van der Waals surface area contributed by atoms with Crippen LogP contribution in [0, 0.1) is 0 Å². The molecule has 9 nitrogen and oxygen atoms in total. The number of methoxy groups -OCH3 is 2. The van der Waals surface area contributed by atoms with E-state index in [-0.39, 0.29) is 0 Å². The van der Waals surface area contributed by atoms with E-state index in [1.54, 1.807) is 0 Å². The molecule has 3 atom stereocenters. The predicted molar refractivity (Wildman–Crippen MR) is 131 cm³/mol.